The SMILES string of the molecule is Cc1cc(C)nc(Nc2cccc(C3CCCN(C(=O)/C=C/c4c(C)nn(C)c4C)C3)n2)n1. The third kappa shape index (κ3) is 5.27. The van der Waals surface area contributed by atoms with E-state index in [1.54, 1.807) is 6.08 Å². The van der Waals surface area contributed by atoms with E-state index in [0.29, 0.717) is 18.3 Å². The Hall–Kier alpha value is -3.55. The van der Waals surface area contributed by atoms with Gasteiger partial charge in [-0.2, -0.15) is 5.10 Å². The average molecular weight is 446 g/mol. The molecular formula is C25H31N7O. The molecule has 3 aromatic heterocycles. The van der Waals surface area contributed by atoms with Gasteiger partial charge in [0.25, 0.3) is 0 Å². The van der Waals surface area contributed by atoms with Crippen molar-refractivity contribution in [2.24, 2.45) is 7.05 Å². The van der Waals surface area contributed by atoms with Gasteiger partial charge in [-0.15, -0.1) is 0 Å². The van der Waals surface area contributed by atoms with Crippen molar-refractivity contribution in [3.63, 3.8) is 0 Å². The second kappa shape index (κ2) is 9.52. The molecule has 1 saturated heterocycles. The first-order chi connectivity index (χ1) is 15.8. The van der Waals surface area contributed by atoms with Crippen molar-refractivity contribution >= 4 is 23.7 Å². The van der Waals surface area contributed by atoms with E-state index in [0.717, 1.165) is 53.4 Å². The Kier molecular flexibility index (Phi) is 6.53. The fourth-order valence-electron chi connectivity index (χ4n) is 4.35. The van der Waals surface area contributed by atoms with E-state index >= 15 is 0 Å². The molecule has 0 saturated carbocycles. The maximum Gasteiger partial charge on any atom is 0.246 e. The van der Waals surface area contributed by atoms with Crippen molar-refractivity contribution in [3.8, 4) is 0 Å². The van der Waals surface area contributed by atoms with E-state index in [1.807, 2.05) is 74.7 Å². The first-order valence-electron chi connectivity index (χ1n) is 11.3. The summed E-state index contributed by atoms with van der Waals surface area (Å²) in [6.45, 7) is 9.29. The highest BCUT2D eigenvalue weighted by Gasteiger charge is 2.25. The zero-order valence-electron chi connectivity index (χ0n) is 20.0. The molecule has 1 unspecified atom stereocenters. The molecular weight excluding hydrogens is 414 g/mol. The van der Waals surface area contributed by atoms with E-state index in [-0.39, 0.29) is 11.8 Å². The number of pyridine rings is 1. The lowest BCUT2D eigenvalue weighted by atomic mass is 9.94. The van der Waals surface area contributed by atoms with Crippen LogP contribution >= 0.6 is 0 Å². The van der Waals surface area contributed by atoms with Crippen LogP contribution in [0.15, 0.2) is 30.3 Å². The number of piperidine rings is 1. The van der Waals surface area contributed by atoms with Gasteiger partial charge >= 0.3 is 0 Å². The number of hydrogen-bond donors (Lipinski definition) is 1. The largest absolute Gasteiger partial charge is 0.338 e. The molecule has 0 radical (unpaired) electrons. The van der Waals surface area contributed by atoms with Crippen molar-refractivity contribution in [2.45, 2.75) is 46.5 Å². The number of nitrogens with one attached hydrogen (secondary N) is 1. The molecule has 3 aromatic rings. The van der Waals surface area contributed by atoms with E-state index in [9.17, 15) is 4.79 Å². The van der Waals surface area contributed by atoms with Crippen molar-refractivity contribution < 1.29 is 4.79 Å². The highest BCUT2D eigenvalue weighted by atomic mass is 16.2. The average Bonchev–Trinajstić information content (AvgIpc) is 3.02. The molecule has 33 heavy (non-hydrogen) atoms. The zero-order chi connectivity index (χ0) is 23.5. The highest BCUT2D eigenvalue weighted by molar-refractivity contribution is 5.92. The Balaban J connectivity index is 1.45. The molecule has 1 aliphatic rings. The Labute approximate surface area is 194 Å². The molecule has 172 valence electrons. The van der Waals surface area contributed by atoms with E-state index < -0.39 is 0 Å². The van der Waals surface area contributed by atoms with E-state index in [1.165, 1.54) is 0 Å². The summed E-state index contributed by atoms with van der Waals surface area (Å²) in [6, 6.07) is 7.87. The summed E-state index contributed by atoms with van der Waals surface area (Å²) in [5, 5.41) is 7.63. The van der Waals surface area contributed by atoms with Crippen LogP contribution in [0.1, 0.15) is 52.8 Å². The molecule has 1 amide bonds. The second-order valence-electron chi connectivity index (χ2n) is 8.71. The van der Waals surface area contributed by atoms with Crippen LogP contribution in [-0.4, -0.2) is 48.6 Å². The molecule has 1 fully saturated rings. The quantitative estimate of drug-likeness (QED) is 0.597. The van der Waals surface area contributed by atoms with Gasteiger partial charge in [-0.1, -0.05) is 6.07 Å². The van der Waals surface area contributed by atoms with Gasteiger partial charge in [0, 0.05) is 60.5 Å². The number of amides is 1. The molecule has 1 atom stereocenters. The summed E-state index contributed by atoms with van der Waals surface area (Å²) in [5.74, 6) is 1.48. The molecule has 0 aromatic carbocycles. The number of carbonyl (C=O) groups is 1. The van der Waals surface area contributed by atoms with Crippen molar-refractivity contribution in [2.75, 3.05) is 18.4 Å². The number of nitrogens with zero attached hydrogens (tertiary/aromatic N) is 6. The molecule has 4 heterocycles. The number of anilines is 2. The number of aryl methyl sites for hydroxylation is 4. The highest BCUT2D eigenvalue weighted by Crippen LogP contribution is 2.27. The van der Waals surface area contributed by atoms with E-state index in [2.05, 4.69) is 20.4 Å². The maximum atomic E-state index is 12.9. The summed E-state index contributed by atoms with van der Waals surface area (Å²) in [4.78, 5) is 28.5. The molecule has 0 bridgehead atoms. The second-order valence-corrected chi connectivity index (χ2v) is 8.71. The van der Waals surface area contributed by atoms with Crippen LogP contribution in [0.4, 0.5) is 11.8 Å². The van der Waals surface area contributed by atoms with Crippen LogP contribution in [0.2, 0.25) is 0 Å². The standard InChI is InChI=1S/C25H31N7O/c1-16-14-17(2)27-25(26-16)29-23-10-6-9-22(28-23)20-8-7-13-32(15-20)24(33)12-11-21-18(3)30-31(5)19(21)4/h6,9-12,14,20H,7-8,13,15H2,1-5H3,(H,26,27,28,29)/b12-11+. The van der Waals surface area contributed by atoms with Gasteiger partial charge in [-0.05, 0) is 64.8 Å². The lowest BCUT2D eigenvalue weighted by Crippen LogP contribution is -2.38. The molecule has 8 heteroatoms. The third-order valence-electron chi connectivity index (χ3n) is 6.10. The van der Waals surface area contributed by atoms with Gasteiger partial charge in [0.15, 0.2) is 0 Å². The van der Waals surface area contributed by atoms with Crippen LogP contribution in [0.25, 0.3) is 6.08 Å². The van der Waals surface area contributed by atoms with E-state index in [4.69, 9.17) is 4.98 Å². The predicted octanol–water partition coefficient (Wildman–Crippen LogP) is 4.00. The Bertz CT molecular complexity index is 1180. The number of rotatable bonds is 5. The van der Waals surface area contributed by atoms with Gasteiger partial charge in [-0.3, -0.25) is 9.48 Å². The summed E-state index contributed by atoms with van der Waals surface area (Å²) in [6.07, 6.45) is 5.51. The third-order valence-corrected chi connectivity index (χ3v) is 6.10. The van der Waals surface area contributed by atoms with Crippen molar-refractivity contribution in [1.82, 2.24) is 29.6 Å². The predicted molar refractivity (Wildman–Crippen MR) is 129 cm³/mol. The summed E-state index contributed by atoms with van der Waals surface area (Å²) in [7, 11) is 1.92. The van der Waals surface area contributed by atoms with Gasteiger partial charge < -0.3 is 10.2 Å². The molecule has 8 nitrogen and oxygen atoms in total. The topological polar surface area (TPSA) is 88.8 Å². The smallest absolute Gasteiger partial charge is 0.246 e. The van der Waals surface area contributed by atoms with Gasteiger partial charge in [0.1, 0.15) is 5.82 Å². The molecule has 1 N–H and O–H groups in total. The minimum absolute atomic E-state index is 0.0280. The molecule has 4 rings (SSSR count). The molecule has 0 aliphatic carbocycles. The van der Waals surface area contributed by atoms with Gasteiger partial charge in [0.2, 0.25) is 11.9 Å². The van der Waals surface area contributed by atoms with Crippen molar-refractivity contribution in [3.05, 3.63) is 64.4 Å². The lowest BCUT2D eigenvalue weighted by Gasteiger charge is -2.32. The van der Waals surface area contributed by atoms with Crippen LogP contribution in [0, 0.1) is 27.7 Å². The van der Waals surface area contributed by atoms with Gasteiger partial charge in [-0.25, -0.2) is 15.0 Å². The minimum Gasteiger partial charge on any atom is -0.338 e. The Morgan fingerprint density at radius 2 is 1.88 bits per heavy atom. The number of aromatic nitrogens is 5. The van der Waals surface area contributed by atoms with Crippen LogP contribution < -0.4 is 5.32 Å². The Morgan fingerprint density at radius 1 is 1.12 bits per heavy atom. The van der Waals surface area contributed by atoms with Crippen LogP contribution in [0.3, 0.4) is 0 Å². The first-order valence-corrected chi connectivity index (χ1v) is 11.3. The molecule has 1 aliphatic heterocycles. The van der Waals surface area contributed by atoms with Crippen molar-refractivity contribution in [1.29, 1.82) is 0 Å². The number of hydrogen-bond acceptors (Lipinski definition) is 6. The fourth-order valence-corrected chi connectivity index (χ4v) is 4.35. The molecule has 0 spiro atoms. The minimum atomic E-state index is 0.0280. The summed E-state index contributed by atoms with van der Waals surface area (Å²) >= 11 is 0. The summed E-state index contributed by atoms with van der Waals surface area (Å²) < 4.78 is 1.84. The Morgan fingerprint density at radius 3 is 2.58 bits per heavy atom. The van der Waals surface area contributed by atoms with Crippen LogP contribution in [0.5, 0.6) is 0 Å². The lowest BCUT2D eigenvalue weighted by molar-refractivity contribution is -0.127. The number of carbonyl (C=O) groups excluding carboxylic acids is 1. The van der Waals surface area contributed by atoms with Crippen LogP contribution in [-0.2, 0) is 11.8 Å². The van der Waals surface area contributed by atoms with Gasteiger partial charge in [0.05, 0.1) is 5.69 Å². The zero-order valence-corrected chi connectivity index (χ0v) is 20.0. The normalized spacial score (nSPS) is 16.4. The maximum absolute atomic E-state index is 12.9. The monoisotopic (exact) mass is 445 g/mol. The number of likely N-dealkylation sites (tertiary alicyclic amines) is 1. The first kappa shape index (κ1) is 22.6. The fraction of sp³-hybridized carbons (Fsp3) is 0.400. The summed E-state index contributed by atoms with van der Waals surface area (Å²) in [5.41, 5.74) is 5.78.